The van der Waals surface area contributed by atoms with Crippen LogP contribution in [-0.4, -0.2) is 17.6 Å². The molecule has 1 fully saturated rings. The highest BCUT2D eigenvalue weighted by Gasteiger charge is 2.56. The van der Waals surface area contributed by atoms with Gasteiger partial charge in [0.1, 0.15) is 0 Å². The van der Waals surface area contributed by atoms with E-state index in [1.165, 1.54) is 5.56 Å². The van der Waals surface area contributed by atoms with Crippen LogP contribution < -0.4 is 5.32 Å². The SMILES string of the molecule is O=C(O)C1(C2CCNc3ccccc32)CC1. The number of fused-ring (bicyclic) bond motifs is 1. The number of carboxylic acids is 1. The zero-order chi connectivity index (χ0) is 11.2. The second-order valence-electron chi connectivity index (χ2n) is 4.82. The number of hydrogen-bond acceptors (Lipinski definition) is 2. The molecule has 1 aliphatic carbocycles. The fourth-order valence-electron chi connectivity index (χ4n) is 2.89. The third-order valence-corrected chi connectivity index (χ3v) is 3.97. The van der Waals surface area contributed by atoms with Gasteiger partial charge in [-0.3, -0.25) is 4.79 Å². The number of hydrogen-bond donors (Lipinski definition) is 2. The number of anilines is 1. The van der Waals surface area contributed by atoms with Gasteiger partial charge in [0.15, 0.2) is 0 Å². The van der Waals surface area contributed by atoms with E-state index >= 15 is 0 Å². The number of benzene rings is 1. The summed E-state index contributed by atoms with van der Waals surface area (Å²) in [5.41, 5.74) is 1.85. The summed E-state index contributed by atoms with van der Waals surface area (Å²) in [6, 6.07) is 8.10. The Kier molecular flexibility index (Phi) is 1.96. The largest absolute Gasteiger partial charge is 0.481 e. The molecule has 3 rings (SSSR count). The molecule has 1 aromatic rings. The highest BCUT2D eigenvalue weighted by Crippen LogP contribution is 2.59. The van der Waals surface area contributed by atoms with Gasteiger partial charge in [0.25, 0.3) is 0 Å². The number of rotatable bonds is 2. The van der Waals surface area contributed by atoms with Crippen molar-refractivity contribution in [2.75, 3.05) is 11.9 Å². The van der Waals surface area contributed by atoms with Crippen LogP contribution in [0.2, 0.25) is 0 Å². The molecule has 0 radical (unpaired) electrons. The average Bonchev–Trinajstić information content (AvgIpc) is 3.09. The van der Waals surface area contributed by atoms with Crippen molar-refractivity contribution in [3.63, 3.8) is 0 Å². The van der Waals surface area contributed by atoms with Gasteiger partial charge in [-0.05, 0) is 30.9 Å². The first-order chi connectivity index (χ1) is 7.74. The second kappa shape index (κ2) is 3.24. The van der Waals surface area contributed by atoms with Gasteiger partial charge >= 0.3 is 5.97 Å². The van der Waals surface area contributed by atoms with Gasteiger partial charge in [-0.25, -0.2) is 0 Å². The Balaban J connectivity index is 2.02. The molecule has 1 aliphatic heterocycles. The van der Waals surface area contributed by atoms with E-state index in [0.29, 0.717) is 0 Å². The lowest BCUT2D eigenvalue weighted by Gasteiger charge is -2.31. The Morgan fingerprint density at radius 2 is 2.12 bits per heavy atom. The van der Waals surface area contributed by atoms with Crippen molar-refractivity contribution in [1.82, 2.24) is 0 Å². The van der Waals surface area contributed by atoms with Gasteiger partial charge in [0, 0.05) is 18.2 Å². The van der Waals surface area contributed by atoms with Crippen molar-refractivity contribution in [1.29, 1.82) is 0 Å². The summed E-state index contributed by atoms with van der Waals surface area (Å²) < 4.78 is 0. The maximum absolute atomic E-state index is 11.4. The topological polar surface area (TPSA) is 49.3 Å². The van der Waals surface area contributed by atoms with E-state index in [4.69, 9.17) is 0 Å². The molecule has 2 aliphatic rings. The molecule has 3 nitrogen and oxygen atoms in total. The summed E-state index contributed by atoms with van der Waals surface area (Å²) in [5.74, 6) is -0.420. The Morgan fingerprint density at radius 3 is 2.81 bits per heavy atom. The smallest absolute Gasteiger partial charge is 0.310 e. The van der Waals surface area contributed by atoms with Crippen LogP contribution in [0.5, 0.6) is 0 Å². The summed E-state index contributed by atoms with van der Waals surface area (Å²) >= 11 is 0. The molecule has 0 aromatic heterocycles. The van der Waals surface area contributed by atoms with Gasteiger partial charge in [-0.2, -0.15) is 0 Å². The minimum absolute atomic E-state index is 0.197. The predicted octanol–water partition coefficient (Wildman–Crippen LogP) is 2.45. The molecule has 1 heterocycles. The molecule has 1 unspecified atom stereocenters. The lowest BCUT2D eigenvalue weighted by Crippen LogP contribution is -2.29. The van der Waals surface area contributed by atoms with E-state index in [-0.39, 0.29) is 5.92 Å². The zero-order valence-corrected chi connectivity index (χ0v) is 9.07. The molecule has 0 amide bonds. The number of nitrogens with one attached hydrogen (secondary N) is 1. The Labute approximate surface area is 94.5 Å². The summed E-state index contributed by atoms with van der Waals surface area (Å²) in [6.45, 7) is 0.886. The van der Waals surface area contributed by atoms with E-state index in [1.807, 2.05) is 18.2 Å². The first-order valence-electron chi connectivity index (χ1n) is 5.80. The number of carboxylic acid groups (broad SMARTS) is 1. The minimum atomic E-state index is -0.616. The molecule has 1 aromatic carbocycles. The van der Waals surface area contributed by atoms with Gasteiger partial charge < -0.3 is 10.4 Å². The second-order valence-corrected chi connectivity index (χ2v) is 4.82. The minimum Gasteiger partial charge on any atom is -0.481 e. The lowest BCUT2D eigenvalue weighted by atomic mass is 9.78. The van der Waals surface area contributed by atoms with Gasteiger partial charge in [0.05, 0.1) is 5.41 Å². The predicted molar refractivity (Wildman–Crippen MR) is 61.6 cm³/mol. The molecule has 0 bridgehead atoms. The van der Waals surface area contributed by atoms with E-state index in [1.54, 1.807) is 0 Å². The van der Waals surface area contributed by atoms with Crippen LogP contribution >= 0.6 is 0 Å². The number of para-hydroxylation sites is 1. The molecule has 16 heavy (non-hydrogen) atoms. The van der Waals surface area contributed by atoms with Crippen LogP contribution in [0.3, 0.4) is 0 Å². The lowest BCUT2D eigenvalue weighted by molar-refractivity contribution is -0.144. The van der Waals surface area contributed by atoms with Crippen LogP contribution in [0, 0.1) is 5.41 Å². The summed E-state index contributed by atoms with van der Waals surface area (Å²) in [7, 11) is 0. The van der Waals surface area contributed by atoms with Crippen molar-refractivity contribution in [2.24, 2.45) is 5.41 Å². The van der Waals surface area contributed by atoms with Crippen molar-refractivity contribution in [2.45, 2.75) is 25.2 Å². The molecular weight excluding hydrogens is 202 g/mol. The Morgan fingerprint density at radius 1 is 1.38 bits per heavy atom. The Bertz CT molecular complexity index is 437. The fraction of sp³-hybridized carbons (Fsp3) is 0.462. The highest BCUT2D eigenvalue weighted by molar-refractivity contribution is 5.80. The molecule has 0 saturated heterocycles. The van der Waals surface area contributed by atoms with Crippen LogP contribution in [0.1, 0.15) is 30.7 Å². The normalized spacial score (nSPS) is 25.4. The first kappa shape index (κ1) is 9.70. The van der Waals surface area contributed by atoms with Gasteiger partial charge in [-0.15, -0.1) is 0 Å². The van der Waals surface area contributed by atoms with Crippen molar-refractivity contribution in [3.05, 3.63) is 29.8 Å². The maximum Gasteiger partial charge on any atom is 0.310 e. The van der Waals surface area contributed by atoms with Crippen LogP contribution in [0.15, 0.2) is 24.3 Å². The highest BCUT2D eigenvalue weighted by atomic mass is 16.4. The van der Waals surface area contributed by atoms with Crippen LogP contribution in [0.25, 0.3) is 0 Å². The van der Waals surface area contributed by atoms with E-state index < -0.39 is 11.4 Å². The van der Waals surface area contributed by atoms with Gasteiger partial charge in [-0.1, -0.05) is 18.2 Å². The standard InChI is InChI=1S/C13H15NO2/c15-12(16)13(6-7-13)10-5-8-14-11-4-2-1-3-9(10)11/h1-4,10,14H,5-8H2,(H,15,16). The quantitative estimate of drug-likeness (QED) is 0.800. The fourth-order valence-corrected chi connectivity index (χ4v) is 2.89. The monoisotopic (exact) mass is 217 g/mol. The molecular formula is C13H15NO2. The number of aliphatic carboxylic acids is 1. The van der Waals surface area contributed by atoms with E-state index in [9.17, 15) is 9.90 Å². The molecule has 2 N–H and O–H groups in total. The third-order valence-electron chi connectivity index (χ3n) is 3.97. The van der Waals surface area contributed by atoms with Crippen LogP contribution in [0.4, 0.5) is 5.69 Å². The molecule has 84 valence electrons. The molecule has 1 saturated carbocycles. The summed E-state index contributed by atoms with van der Waals surface area (Å²) in [6.07, 6.45) is 2.60. The molecule has 1 atom stereocenters. The molecule has 3 heteroatoms. The van der Waals surface area contributed by atoms with Gasteiger partial charge in [0.2, 0.25) is 0 Å². The third kappa shape index (κ3) is 1.24. The maximum atomic E-state index is 11.4. The van der Waals surface area contributed by atoms with E-state index in [0.717, 1.165) is 31.5 Å². The van der Waals surface area contributed by atoms with Crippen molar-refractivity contribution >= 4 is 11.7 Å². The Hall–Kier alpha value is -1.51. The first-order valence-corrected chi connectivity index (χ1v) is 5.80. The van der Waals surface area contributed by atoms with E-state index in [2.05, 4.69) is 11.4 Å². The zero-order valence-electron chi connectivity index (χ0n) is 9.07. The summed E-state index contributed by atoms with van der Waals surface area (Å²) in [4.78, 5) is 11.4. The number of carbonyl (C=O) groups is 1. The molecule has 0 spiro atoms. The van der Waals surface area contributed by atoms with Crippen LogP contribution in [-0.2, 0) is 4.79 Å². The summed E-state index contributed by atoms with van der Waals surface area (Å²) in [5, 5.41) is 12.7. The van der Waals surface area contributed by atoms with Crippen molar-refractivity contribution in [3.8, 4) is 0 Å². The average molecular weight is 217 g/mol. The van der Waals surface area contributed by atoms with Crippen molar-refractivity contribution < 1.29 is 9.90 Å².